The first kappa shape index (κ1) is 99.3. The zero-order valence-corrected chi connectivity index (χ0v) is 77.9. The highest BCUT2D eigenvalue weighted by Gasteiger charge is 2.36. The van der Waals surface area contributed by atoms with E-state index >= 15 is 0 Å². The van der Waals surface area contributed by atoms with Gasteiger partial charge in [-0.1, -0.05) is 114 Å². The fourth-order valence-corrected chi connectivity index (χ4v) is 26.8. The number of hydrogen-bond acceptors (Lipinski definition) is 19. The van der Waals surface area contributed by atoms with Crippen LogP contribution in [0.25, 0.3) is 4.85 Å². The van der Waals surface area contributed by atoms with Crippen LogP contribution in [0.3, 0.4) is 0 Å². The van der Waals surface area contributed by atoms with Crippen molar-refractivity contribution in [2.75, 3.05) is 85.1 Å². The summed E-state index contributed by atoms with van der Waals surface area (Å²) in [5.41, 5.74) is 16.4. The van der Waals surface area contributed by atoms with Gasteiger partial charge >= 0.3 is 11.9 Å². The molecule has 6 aliphatic heterocycles. The maximum Gasteiger partial charge on any atom is 0.310 e. The molecule has 30 nitrogen and oxygen atoms in total. The molecule has 0 atom stereocenters. The van der Waals surface area contributed by atoms with Crippen molar-refractivity contribution in [2.24, 2.45) is 10.9 Å². The molecule has 0 radical (unpaired) electrons. The van der Waals surface area contributed by atoms with E-state index in [0.717, 1.165) is 123 Å². The van der Waals surface area contributed by atoms with Crippen LogP contribution in [0, 0.1) is 48.1 Å². The Labute approximate surface area is 748 Å². The van der Waals surface area contributed by atoms with E-state index in [4.69, 9.17) is 22.2 Å². The average molecular weight is 1860 g/mol. The van der Waals surface area contributed by atoms with Crippen molar-refractivity contribution < 1.29 is 79.9 Å². The van der Waals surface area contributed by atoms with Crippen LogP contribution in [0.5, 0.6) is 0 Å². The van der Waals surface area contributed by atoms with Crippen molar-refractivity contribution in [2.45, 2.75) is 194 Å². The number of aldehydes is 1. The van der Waals surface area contributed by atoms with Crippen LogP contribution in [0.4, 0.5) is 5.69 Å². The number of aliphatic carboxylic acids is 1. The number of benzene rings is 6. The molecule has 0 aliphatic carbocycles. The van der Waals surface area contributed by atoms with E-state index in [1.165, 1.54) is 31.1 Å². The van der Waals surface area contributed by atoms with Gasteiger partial charge in [0.25, 0.3) is 0 Å². The molecular weight excluding hydrogens is 1740 g/mol. The SMILES string of the molecule is CCOC(=O)Cc1cc(C)n(Cc2ccccc2S(=O)(=O)N2CCCC2)c1C.Cc1ccc(C)n1Cc1ccccc1S(=O)(=O)N1CCCC1.NCc1ccccc1S(=O)(=O)N1CCCC1.O=Cc1ccccc1S(=O)(=O)N1CCCC1.O=S(=O)(c1ccccc1/C=N/O)N1CCCC1.[C-]#[N+]c1c(CC(=O)O)c(C)n(Cc2ccccc2S(=O)(=O)N2CCCC2)c1C. The zero-order chi connectivity index (χ0) is 92.0. The Morgan fingerprint density at radius 3 is 1.05 bits per heavy atom. The first-order valence-electron chi connectivity index (χ1n) is 42.6. The average Bonchev–Trinajstić information content (AvgIpc) is 1.71. The number of nitrogens with two attached hydrogens (primary N) is 1. The highest BCUT2D eigenvalue weighted by molar-refractivity contribution is 7.90. The number of carbonyl (C=O) groups excluding carboxylic acids is 2. The minimum absolute atomic E-state index is 0.118. The number of aryl methyl sites for hydroxylation is 3. The standard InChI is InChI=1S/C21H28N2O4S.C20H23N3O4S.C17H22N2O2S.C11H14N2O3S.C11H16N2O2S.C11H13NO3S/c1-4-27-21(24)14-19-13-16(2)23(17(19)3)15-18-9-5-6-10-20(18)28(25,26)22-11-7-8-12-22;1-14-17(12-19(24)25)20(21-3)15(2)23(14)13-16-8-4-5-9-18(16)28(26,27)22-10-6-7-11-22;1-14-9-10-15(2)19(14)13-16-7-3-4-8-17(16)22(20,21)18-11-5-6-12-18;14-12-9-10-5-1-2-6-11(10)17(15,16)13-7-3-4-8-13;12-9-10-5-1-2-6-11(10)16(14,15)13-7-3-4-8-13;13-9-10-5-1-2-6-11(10)16(14,15)12-7-3-4-8-12/h5-6,9-10,13H,4,7-8,11-12,14-15H2,1-3H3;4-5,8-9H,6-7,10-13H2,1-2H3,(H,24,25);3-4,7-10H,5-6,11-13H2,1-2H3;1-2,5-6,9,14H,3-4,7-8H2;1-2,5-6H,3-4,7-9,12H2;1-2,5-6,9H,3-4,7-8H2/b;;;12-9+;;. The van der Waals surface area contributed by atoms with Gasteiger partial charge in [0.05, 0.1) is 61.6 Å². The molecule has 36 heteroatoms. The Morgan fingerprint density at radius 1 is 0.402 bits per heavy atom. The van der Waals surface area contributed by atoms with Gasteiger partial charge < -0.3 is 34.5 Å². The van der Waals surface area contributed by atoms with Gasteiger partial charge in [-0.05, 0) is 213 Å². The molecule has 0 saturated carbocycles. The predicted molar refractivity (Wildman–Crippen MR) is 486 cm³/mol. The number of carbonyl (C=O) groups is 3. The molecular formula is C91H116N12O18S6. The number of ether oxygens (including phenoxy) is 1. The molecule has 0 unspecified atom stereocenters. The molecule has 127 heavy (non-hydrogen) atoms. The van der Waals surface area contributed by atoms with Crippen molar-refractivity contribution >= 4 is 90.3 Å². The summed E-state index contributed by atoms with van der Waals surface area (Å²) in [6, 6.07) is 47.3. The summed E-state index contributed by atoms with van der Waals surface area (Å²) in [6.45, 7) is 29.7. The van der Waals surface area contributed by atoms with Crippen LogP contribution in [-0.4, -0.2) is 210 Å². The third-order valence-corrected chi connectivity index (χ3v) is 35.3. The molecule has 9 heterocycles. The topological polar surface area (TPSA) is 383 Å². The largest absolute Gasteiger partial charge is 0.481 e. The molecule has 0 spiro atoms. The van der Waals surface area contributed by atoms with Crippen molar-refractivity contribution in [1.29, 1.82) is 0 Å². The second kappa shape index (κ2) is 44.9. The highest BCUT2D eigenvalue weighted by Crippen LogP contribution is 2.36. The molecule has 3 aromatic heterocycles. The number of esters is 1. The van der Waals surface area contributed by atoms with E-state index in [-0.39, 0.29) is 52.2 Å². The Morgan fingerprint density at radius 2 is 0.709 bits per heavy atom. The molecule has 15 rings (SSSR count). The lowest BCUT2D eigenvalue weighted by molar-refractivity contribution is -0.142. The van der Waals surface area contributed by atoms with Crippen molar-refractivity contribution in [3.63, 3.8) is 0 Å². The lowest BCUT2D eigenvalue weighted by atomic mass is 10.1. The smallest absolute Gasteiger partial charge is 0.310 e. The Balaban J connectivity index is 0.000000161. The predicted octanol–water partition coefficient (Wildman–Crippen LogP) is 12.6. The first-order valence-corrected chi connectivity index (χ1v) is 51.3. The van der Waals surface area contributed by atoms with E-state index < -0.39 is 66.1 Å². The van der Waals surface area contributed by atoms with Crippen LogP contribution in [0.15, 0.2) is 198 Å². The summed E-state index contributed by atoms with van der Waals surface area (Å²) >= 11 is 0. The molecule has 4 N–H and O–H groups in total. The maximum atomic E-state index is 13.1. The van der Waals surface area contributed by atoms with E-state index in [1.54, 1.807) is 125 Å². The van der Waals surface area contributed by atoms with Crippen molar-refractivity contribution in [3.8, 4) is 0 Å². The normalized spacial score (nSPS) is 16.3. The number of sulfonamides is 6. The second-order valence-electron chi connectivity index (χ2n) is 31.7. The van der Waals surface area contributed by atoms with Gasteiger partial charge in [-0.3, -0.25) is 14.4 Å². The molecule has 684 valence electrons. The van der Waals surface area contributed by atoms with E-state index in [0.29, 0.717) is 159 Å². The molecule has 6 aliphatic rings. The third kappa shape index (κ3) is 24.0. The van der Waals surface area contributed by atoms with Gasteiger partial charge in [0.2, 0.25) is 65.8 Å². The van der Waals surface area contributed by atoms with E-state index in [9.17, 15) is 70.0 Å². The van der Waals surface area contributed by atoms with Gasteiger partial charge in [0.1, 0.15) is 0 Å². The molecule has 0 amide bonds. The summed E-state index contributed by atoms with van der Waals surface area (Å²) < 4.78 is 172. The number of oxime groups is 1. The summed E-state index contributed by atoms with van der Waals surface area (Å²) in [6.07, 6.45) is 12.7. The van der Waals surface area contributed by atoms with Gasteiger partial charge in [-0.25, -0.2) is 55.4 Å². The summed E-state index contributed by atoms with van der Waals surface area (Å²) in [7, 11) is -20.7. The fourth-order valence-electron chi connectivity index (χ4n) is 16.5. The van der Waals surface area contributed by atoms with Gasteiger partial charge in [-0.15, -0.1) is 0 Å². The summed E-state index contributed by atoms with van der Waals surface area (Å²) in [5, 5.41) is 20.6. The zero-order valence-electron chi connectivity index (χ0n) is 73.0. The number of carboxylic acids is 1. The molecule has 9 aromatic rings. The quantitative estimate of drug-likeness (QED) is 0.0113. The Bertz CT molecular complexity index is 6130. The van der Waals surface area contributed by atoms with Crippen LogP contribution in [0.2, 0.25) is 0 Å². The van der Waals surface area contributed by atoms with E-state index in [2.05, 4.69) is 31.3 Å². The lowest BCUT2D eigenvalue weighted by Gasteiger charge is -2.19. The van der Waals surface area contributed by atoms with Crippen LogP contribution in [0.1, 0.15) is 167 Å². The molecule has 6 aromatic carbocycles. The monoisotopic (exact) mass is 1860 g/mol. The molecule has 6 fully saturated rings. The van der Waals surface area contributed by atoms with Crippen LogP contribution >= 0.6 is 0 Å². The van der Waals surface area contributed by atoms with Gasteiger partial charge in [0.15, 0.2) is 6.29 Å². The minimum atomic E-state index is -3.58. The lowest BCUT2D eigenvalue weighted by Crippen LogP contribution is -2.29. The second-order valence-corrected chi connectivity index (χ2v) is 43.1. The minimum Gasteiger partial charge on any atom is -0.481 e. The Kier molecular flexibility index (Phi) is 35.1. The third-order valence-electron chi connectivity index (χ3n) is 23.4. The fraction of sp³-hybridized carbons (Fsp3) is 0.418. The number of rotatable bonds is 26. The molecule has 0 bridgehead atoms. The van der Waals surface area contributed by atoms with E-state index in [1.807, 2.05) is 74.7 Å². The van der Waals surface area contributed by atoms with Crippen LogP contribution < -0.4 is 5.73 Å². The van der Waals surface area contributed by atoms with Gasteiger partial charge in [0, 0.05) is 150 Å². The summed E-state index contributed by atoms with van der Waals surface area (Å²) in [4.78, 5) is 39.2. The number of carboxylic acid groups (broad SMARTS) is 1. The number of hydrogen-bond donors (Lipinski definition) is 3. The summed E-state index contributed by atoms with van der Waals surface area (Å²) in [5.74, 6) is -1.25. The van der Waals surface area contributed by atoms with Crippen LogP contribution in [-0.2, 0) is 113 Å². The highest BCUT2D eigenvalue weighted by atomic mass is 32.2. The maximum absolute atomic E-state index is 13.1. The van der Waals surface area contributed by atoms with Gasteiger partial charge in [-0.2, -0.15) is 25.8 Å². The number of nitrogens with zero attached hydrogens (tertiary/aromatic N) is 11. The van der Waals surface area contributed by atoms with Crippen molar-refractivity contribution in [1.82, 2.24) is 39.5 Å². The number of aromatic nitrogens is 3. The Hall–Kier alpha value is -9.85. The first-order chi connectivity index (χ1) is 60.6. The van der Waals surface area contributed by atoms with Crippen molar-refractivity contribution in [3.05, 3.63) is 254 Å². The molecule has 6 saturated heterocycles.